The van der Waals surface area contributed by atoms with Crippen LogP contribution in [0.25, 0.3) is 11.5 Å². The third-order valence-electron chi connectivity index (χ3n) is 4.13. The lowest BCUT2D eigenvalue weighted by Gasteiger charge is -2.14. The van der Waals surface area contributed by atoms with Gasteiger partial charge in [0.1, 0.15) is 6.04 Å². The molecule has 2 atom stereocenters. The zero-order valence-electron chi connectivity index (χ0n) is 14.3. The average molecular weight is 374 g/mol. The smallest absolute Gasteiger partial charge is 0.274 e. The zero-order valence-corrected chi connectivity index (χ0v) is 15.1. The Morgan fingerprint density at radius 1 is 1.04 bits per heavy atom. The maximum atomic E-state index is 10.7. The summed E-state index contributed by atoms with van der Waals surface area (Å²) in [6.07, 6.45) is 0. The molecule has 8 heteroatoms. The number of benzene rings is 2. The first-order valence-electron chi connectivity index (χ1n) is 8.12. The third-order valence-corrected chi connectivity index (χ3v) is 4.38. The van der Waals surface area contributed by atoms with Gasteiger partial charge in [-0.05, 0) is 38.1 Å². The molecule has 0 saturated heterocycles. The number of hydrogen-bond donors (Lipinski definition) is 1. The van der Waals surface area contributed by atoms with E-state index in [0.717, 1.165) is 5.56 Å². The molecule has 26 heavy (non-hydrogen) atoms. The number of non-ortho nitro benzene ring substituents is 1. The fourth-order valence-electron chi connectivity index (χ4n) is 2.65. The SMILES string of the molecule is C[C@H]([NH2+][C@H](C)c1ccc(Cl)cc1)c1nnc(-c2ccc([N+](=O)[O-])cc2)o1. The van der Waals surface area contributed by atoms with Crippen LogP contribution in [0, 0.1) is 10.1 Å². The van der Waals surface area contributed by atoms with Crippen LogP contribution in [0.4, 0.5) is 5.69 Å². The zero-order chi connectivity index (χ0) is 18.7. The van der Waals surface area contributed by atoms with Gasteiger partial charge in [-0.1, -0.05) is 23.7 Å². The molecule has 0 fully saturated rings. The number of nitrogens with zero attached hydrogens (tertiary/aromatic N) is 3. The topological polar surface area (TPSA) is 98.7 Å². The Balaban J connectivity index is 1.70. The van der Waals surface area contributed by atoms with E-state index in [1.165, 1.54) is 12.1 Å². The molecule has 0 saturated carbocycles. The first-order valence-corrected chi connectivity index (χ1v) is 8.50. The molecule has 7 nitrogen and oxygen atoms in total. The van der Waals surface area contributed by atoms with E-state index in [4.69, 9.17) is 16.0 Å². The van der Waals surface area contributed by atoms with E-state index in [1.807, 2.05) is 31.2 Å². The molecule has 0 amide bonds. The molecular weight excluding hydrogens is 356 g/mol. The summed E-state index contributed by atoms with van der Waals surface area (Å²) in [6.45, 7) is 4.08. The van der Waals surface area contributed by atoms with E-state index in [0.29, 0.717) is 22.4 Å². The Bertz CT molecular complexity index is 894. The van der Waals surface area contributed by atoms with Crippen LogP contribution in [0.3, 0.4) is 0 Å². The Labute approximate surface area is 155 Å². The van der Waals surface area contributed by atoms with Gasteiger partial charge < -0.3 is 9.73 Å². The molecule has 0 radical (unpaired) electrons. The van der Waals surface area contributed by atoms with Crippen molar-refractivity contribution < 1.29 is 14.7 Å². The van der Waals surface area contributed by atoms with Crippen molar-refractivity contribution in [3.05, 3.63) is 75.1 Å². The molecule has 2 N–H and O–H groups in total. The lowest BCUT2D eigenvalue weighted by molar-refractivity contribution is -0.730. The highest BCUT2D eigenvalue weighted by molar-refractivity contribution is 6.30. The third kappa shape index (κ3) is 4.07. The molecule has 0 spiro atoms. The number of aromatic nitrogens is 2. The number of nitrogens with two attached hydrogens (primary N) is 1. The van der Waals surface area contributed by atoms with Crippen LogP contribution < -0.4 is 5.32 Å². The highest BCUT2D eigenvalue weighted by atomic mass is 35.5. The molecular formula is C18H18ClN4O3+. The number of hydrogen-bond acceptors (Lipinski definition) is 5. The molecule has 3 aromatic rings. The van der Waals surface area contributed by atoms with Crippen LogP contribution in [-0.4, -0.2) is 15.1 Å². The highest BCUT2D eigenvalue weighted by Gasteiger charge is 2.21. The van der Waals surface area contributed by atoms with Gasteiger partial charge in [-0.25, -0.2) is 0 Å². The van der Waals surface area contributed by atoms with Crippen LogP contribution in [0.5, 0.6) is 0 Å². The predicted molar refractivity (Wildman–Crippen MR) is 96.6 cm³/mol. The largest absolute Gasteiger partial charge is 0.415 e. The van der Waals surface area contributed by atoms with Gasteiger partial charge in [0.2, 0.25) is 5.89 Å². The van der Waals surface area contributed by atoms with E-state index in [-0.39, 0.29) is 17.8 Å². The molecule has 1 aromatic heterocycles. The summed E-state index contributed by atoms with van der Waals surface area (Å²) in [5, 5.41) is 21.7. The van der Waals surface area contributed by atoms with E-state index in [9.17, 15) is 10.1 Å². The van der Waals surface area contributed by atoms with Gasteiger partial charge in [-0.15, -0.1) is 10.2 Å². The summed E-state index contributed by atoms with van der Waals surface area (Å²) in [6, 6.07) is 13.9. The Hall–Kier alpha value is -2.77. The van der Waals surface area contributed by atoms with Crippen molar-refractivity contribution in [1.29, 1.82) is 0 Å². The molecule has 134 valence electrons. The van der Waals surface area contributed by atoms with Gasteiger partial charge >= 0.3 is 0 Å². The Kier molecular flexibility index (Phi) is 5.29. The van der Waals surface area contributed by atoms with Crippen LogP contribution in [0.1, 0.15) is 37.4 Å². The number of halogens is 1. The first kappa shape index (κ1) is 18.0. The molecule has 0 aliphatic rings. The Morgan fingerprint density at radius 2 is 1.69 bits per heavy atom. The summed E-state index contributed by atoms with van der Waals surface area (Å²) in [5.74, 6) is 0.841. The minimum atomic E-state index is -0.446. The summed E-state index contributed by atoms with van der Waals surface area (Å²) in [4.78, 5) is 10.3. The standard InChI is InChI=1S/C18H17ClN4O3/c1-11(13-3-7-15(19)8-4-13)20-12(2)17-21-22-18(26-17)14-5-9-16(10-6-14)23(24)25/h3-12,20H,1-2H3/p+1/t11-,12+/m1/s1. The van der Waals surface area contributed by atoms with Gasteiger partial charge in [0, 0.05) is 28.3 Å². The minimum absolute atomic E-state index is 0.0204. The summed E-state index contributed by atoms with van der Waals surface area (Å²) in [7, 11) is 0. The predicted octanol–water partition coefficient (Wildman–Crippen LogP) is 3.68. The normalized spacial score (nSPS) is 13.3. The summed E-state index contributed by atoms with van der Waals surface area (Å²) in [5.41, 5.74) is 1.82. The van der Waals surface area contributed by atoms with Crippen LogP contribution in [-0.2, 0) is 0 Å². The van der Waals surface area contributed by atoms with Gasteiger partial charge in [0.05, 0.1) is 4.92 Å². The van der Waals surface area contributed by atoms with E-state index in [2.05, 4.69) is 22.4 Å². The summed E-state index contributed by atoms with van der Waals surface area (Å²) < 4.78 is 5.74. The number of quaternary nitrogens is 1. The number of nitro benzene ring substituents is 1. The second-order valence-corrected chi connectivity index (χ2v) is 6.51. The van der Waals surface area contributed by atoms with Crippen LogP contribution in [0.15, 0.2) is 52.9 Å². The highest BCUT2D eigenvalue weighted by Crippen LogP contribution is 2.22. The first-order chi connectivity index (χ1) is 12.4. The van der Waals surface area contributed by atoms with E-state index >= 15 is 0 Å². The van der Waals surface area contributed by atoms with Crippen molar-refractivity contribution in [1.82, 2.24) is 10.2 Å². The number of nitro groups is 1. The summed E-state index contributed by atoms with van der Waals surface area (Å²) >= 11 is 5.93. The van der Waals surface area contributed by atoms with Crippen molar-refractivity contribution in [3.8, 4) is 11.5 Å². The molecule has 2 aromatic carbocycles. The van der Waals surface area contributed by atoms with Crippen LogP contribution in [0.2, 0.25) is 5.02 Å². The van der Waals surface area contributed by atoms with Gasteiger partial charge in [-0.2, -0.15) is 0 Å². The average Bonchev–Trinajstić information content (AvgIpc) is 3.12. The fraction of sp³-hybridized carbons (Fsp3) is 0.222. The lowest BCUT2D eigenvalue weighted by Crippen LogP contribution is -2.85. The fourth-order valence-corrected chi connectivity index (χ4v) is 2.78. The molecule has 0 bridgehead atoms. The van der Waals surface area contributed by atoms with Gasteiger partial charge in [-0.3, -0.25) is 10.1 Å². The van der Waals surface area contributed by atoms with Gasteiger partial charge in [0.25, 0.3) is 11.6 Å². The molecule has 0 aliphatic heterocycles. The quantitative estimate of drug-likeness (QED) is 0.524. The second kappa shape index (κ2) is 7.63. The molecule has 0 unspecified atom stereocenters. The van der Waals surface area contributed by atoms with Crippen molar-refractivity contribution in [3.63, 3.8) is 0 Å². The number of rotatable bonds is 6. The van der Waals surface area contributed by atoms with Crippen molar-refractivity contribution in [2.24, 2.45) is 0 Å². The molecule has 1 heterocycles. The minimum Gasteiger partial charge on any atom is -0.415 e. The van der Waals surface area contributed by atoms with E-state index < -0.39 is 4.92 Å². The van der Waals surface area contributed by atoms with Gasteiger partial charge in [0.15, 0.2) is 6.04 Å². The van der Waals surface area contributed by atoms with E-state index in [1.54, 1.807) is 12.1 Å². The molecule has 3 rings (SSSR count). The van der Waals surface area contributed by atoms with Crippen molar-refractivity contribution in [2.75, 3.05) is 0 Å². The maximum absolute atomic E-state index is 10.7. The second-order valence-electron chi connectivity index (χ2n) is 6.07. The Morgan fingerprint density at radius 3 is 2.31 bits per heavy atom. The lowest BCUT2D eigenvalue weighted by atomic mass is 10.1. The monoisotopic (exact) mass is 373 g/mol. The van der Waals surface area contributed by atoms with Crippen LogP contribution >= 0.6 is 11.6 Å². The maximum Gasteiger partial charge on any atom is 0.274 e. The molecule has 0 aliphatic carbocycles. The van der Waals surface area contributed by atoms with Crippen molar-refractivity contribution >= 4 is 17.3 Å². The van der Waals surface area contributed by atoms with Crippen molar-refractivity contribution in [2.45, 2.75) is 25.9 Å².